The van der Waals surface area contributed by atoms with Crippen molar-refractivity contribution in [2.45, 2.75) is 51.7 Å². The molecule has 0 bridgehead atoms. The van der Waals surface area contributed by atoms with Crippen LogP contribution >= 0.6 is 0 Å². The molecule has 134 valence electrons. The first kappa shape index (κ1) is 15.9. The fraction of sp³-hybridized carbons (Fsp3) is 0.381. The topological polar surface area (TPSA) is 47.8 Å². The molecule has 0 radical (unpaired) electrons. The molecule has 2 aromatic heterocycles. The molecule has 0 spiro atoms. The standard InChI is InChI=1S/C21H23N3O2/c1-12-13(2)24-11-10-15-17(20(24)22-12)23-16(14-8-6-5-7-9-14)19-18(15)25-21(3,4)26-19/h5-11,16,18-19,23H,1-4H3/t16-,18+,19-/m1/s1. The van der Waals surface area contributed by atoms with Gasteiger partial charge < -0.3 is 19.2 Å². The van der Waals surface area contributed by atoms with Gasteiger partial charge in [0, 0.05) is 17.5 Å². The predicted molar refractivity (Wildman–Crippen MR) is 100 cm³/mol. The lowest BCUT2D eigenvalue weighted by atomic mass is 9.89. The average Bonchev–Trinajstić information content (AvgIpc) is 3.10. The molecule has 2 aliphatic heterocycles. The van der Waals surface area contributed by atoms with E-state index < -0.39 is 5.79 Å². The smallest absolute Gasteiger partial charge is 0.164 e. The van der Waals surface area contributed by atoms with Crippen LogP contribution in [-0.2, 0) is 9.47 Å². The van der Waals surface area contributed by atoms with E-state index in [4.69, 9.17) is 14.5 Å². The summed E-state index contributed by atoms with van der Waals surface area (Å²) < 4.78 is 14.8. The Morgan fingerprint density at radius 1 is 1.08 bits per heavy atom. The Kier molecular flexibility index (Phi) is 3.24. The summed E-state index contributed by atoms with van der Waals surface area (Å²) in [6.07, 6.45) is 1.88. The van der Waals surface area contributed by atoms with Crippen molar-refractivity contribution < 1.29 is 9.47 Å². The molecule has 4 heterocycles. The Morgan fingerprint density at radius 2 is 1.85 bits per heavy atom. The summed E-state index contributed by atoms with van der Waals surface area (Å²) in [5.41, 5.74) is 6.50. The molecule has 5 heteroatoms. The van der Waals surface area contributed by atoms with Gasteiger partial charge in [-0.1, -0.05) is 30.3 Å². The number of anilines is 1. The van der Waals surface area contributed by atoms with Crippen molar-refractivity contribution in [3.8, 4) is 0 Å². The maximum Gasteiger partial charge on any atom is 0.164 e. The van der Waals surface area contributed by atoms with Crippen LogP contribution in [0.1, 0.15) is 48.5 Å². The summed E-state index contributed by atoms with van der Waals surface area (Å²) in [5, 5.41) is 3.72. The lowest BCUT2D eigenvalue weighted by Gasteiger charge is -2.35. The van der Waals surface area contributed by atoms with Gasteiger partial charge in [0.15, 0.2) is 11.4 Å². The van der Waals surface area contributed by atoms with Crippen molar-refractivity contribution in [3.63, 3.8) is 0 Å². The Balaban J connectivity index is 1.72. The van der Waals surface area contributed by atoms with Gasteiger partial charge in [-0.2, -0.15) is 0 Å². The number of aromatic nitrogens is 2. The van der Waals surface area contributed by atoms with E-state index in [1.54, 1.807) is 0 Å². The van der Waals surface area contributed by atoms with Crippen LogP contribution in [0.15, 0.2) is 42.6 Å². The number of nitrogens with one attached hydrogen (secondary N) is 1. The van der Waals surface area contributed by atoms with Gasteiger partial charge in [0.1, 0.15) is 12.2 Å². The molecular formula is C21H23N3O2. The number of pyridine rings is 1. The van der Waals surface area contributed by atoms with Crippen LogP contribution in [0.3, 0.4) is 0 Å². The fourth-order valence-corrected chi connectivity index (χ4v) is 4.18. The number of ether oxygens (including phenoxy) is 2. The highest BCUT2D eigenvalue weighted by Crippen LogP contribution is 2.50. The third kappa shape index (κ3) is 2.20. The van der Waals surface area contributed by atoms with E-state index in [0.29, 0.717) is 0 Å². The van der Waals surface area contributed by atoms with Crippen LogP contribution in [0.25, 0.3) is 5.65 Å². The van der Waals surface area contributed by atoms with Crippen molar-refractivity contribution >= 4 is 11.3 Å². The summed E-state index contributed by atoms with van der Waals surface area (Å²) in [6, 6.07) is 12.6. The van der Waals surface area contributed by atoms with E-state index in [9.17, 15) is 0 Å². The lowest BCUT2D eigenvalue weighted by Crippen LogP contribution is -2.35. The third-order valence-electron chi connectivity index (χ3n) is 5.52. The van der Waals surface area contributed by atoms with Crippen LogP contribution < -0.4 is 5.32 Å². The zero-order valence-electron chi connectivity index (χ0n) is 15.5. The SMILES string of the molecule is Cc1nc2c3c(ccn2c1C)[C@@H]1OC(C)(C)O[C@@H]1[C@@H](c1ccccc1)N3. The van der Waals surface area contributed by atoms with Crippen LogP contribution in [0, 0.1) is 13.8 Å². The van der Waals surface area contributed by atoms with Crippen molar-refractivity contribution in [2.75, 3.05) is 5.32 Å². The molecule has 1 saturated heterocycles. The molecule has 0 amide bonds. The van der Waals surface area contributed by atoms with Crippen molar-refractivity contribution in [2.24, 2.45) is 0 Å². The molecule has 1 fully saturated rings. The van der Waals surface area contributed by atoms with E-state index in [0.717, 1.165) is 28.3 Å². The average molecular weight is 349 g/mol. The van der Waals surface area contributed by atoms with E-state index >= 15 is 0 Å². The molecule has 5 nitrogen and oxygen atoms in total. The van der Waals surface area contributed by atoms with Gasteiger partial charge in [-0.05, 0) is 39.3 Å². The molecule has 1 aromatic carbocycles. The van der Waals surface area contributed by atoms with E-state index in [-0.39, 0.29) is 18.2 Å². The van der Waals surface area contributed by atoms with Gasteiger partial charge >= 0.3 is 0 Å². The van der Waals surface area contributed by atoms with Crippen LogP contribution in [0.5, 0.6) is 0 Å². The second-order valence-corrected chi connectivity index (χ2v) is 7.68. The van der Waals surface area contributed by atoms with Crippen LogP contribution in [0.2, 0.25) is 0 Å². The first-order valence-electron chi connectivity index (χ1n) is 9.10. The maximum atomic E-state index is 6.32. The molecule has 1 N–H and O–H groups in total. The van der Waals surface area contributed by atoms with E-state index in [1.165, 1.54) is 5.56 Å². The summed E-state index contributed by atoms with van der Waals surface area (Å²) in [4.78, 5) is 4.81. The van der Waals surface area contributed by atoms with Gasteiger partial charge in [0.05, 0.1) is 17.4 Å². The number of aryl methyl sites for hydroxylation is 2. The minimum atomic E-state index is -0.612. The highest BCUT2D eigenvalue weighted by Gasteiger charge is 2.50. The molecule has 0 aliphatic carbocycles. The number of imidazole rings is 1. The molecule has 3 atom stereocenters. The number of benzene rings is 1. The van der Waals surface area contributed by atoms with Gasteiger partial charge in [-0.15, -0.1) is 0 Å². The monoisotopic (exact) mass is 349 g/mol. The summed E-state index contributed by atoms with van der Waals surface area (Å²) in [5.74, 6) is -0.612. The van der Waals surface area contributed by atoms with E-state index in [2.05, 4.69) is 53.2 Å². The highest BCUT2D eigenvalue weighted by molar-refractivity contribution is 5.75. The fourth-order valence-electron chi connectivity index (χ4n) is 4.18. The van der Waals surface area contributed by atoms with Gasteiger partial charge in [-0.25, -0.2) is 4.98 Å². The molecule has 5 rings (SSSR count). The minimum Gasteiger partial charge on any atom is -0.372 e. The number of hydrogen-bond donors (Lipinski definition) is 1. The number of nitrogens with zero attached hydrogens (tertiary/aromatic N) is 2. The number of hydrogen-bond acceptors (Lipinski definition) is 4. The molecule has 0 saturated carbocycles. The maximum absolute atomic E-state index is 6.32. The Hall–Kier alpha value is -2.37. The highest BCUT2D eigenvalue weighted by atomic mass is 16.8. The molecule has 0 unspecified atom stereocenters. The number of fused-ring (bicyclic) bond motifs is 5. The third-order valence-corrected chi connectivity index (χ3v) is 5.52. The Morgan fingerprint density at radius 3 is 2.62 bits per heavy atom. The lowest BCUT2D eigenvalue weighted by molar-refractivity contribution is -0.147. The van der Waals surface area contributed by atoms with Crippen LogP contribution in [0.4, 0.5) is 5.69 Å². The zero-order valence-corrected chi connectivity index (χ0v) is 15.5. The van der Waals surface area contributed by atoms with Crippen molar-refractivity contribution in [1.82, 2.24) is 9.38 Å². The van der Waals surface area contributed by atoms with E-state index in [1.807, 2.05) is 26.8 Å². The normalized spacial score (nSPS) is 26.4. The first-order chi connectivity index (χ1) is 12.4. The Labute approximate surface area is 153 Å². The molecule has 3 aromatic rings. The zero-order chi connectivity index (χ0) is 18.1. The molecule has 26 heavy (non-hydrogen) atoms. The van der Waals surface area contributed by atoms with Crippen LogP contribution in [-0.4, -0.2) is 21.3 Å². The van der Waals surface area contributed by atoms with Crippen molar-refractivity contribution in [1.29, 1.82) is 0 Å². The Bertz CT molecular complexity index is 993. The largest absolute Gasteiger partial charge is 0.372 e. The number of rotatable bonds is 1. The quantitative estimate of drug-likeness (QED) is 0.711. The summed E-state index contributed by atoms with van der Waals surface area (Å²) in [6.45, 7) is 8.11. The second-order valence-electron chi connectivity index (χ2n) is 7.68. The van der Waals surface area contributed by atoms with Gasteiger partial charge in [0.2, 0.25) is 0 Å². The second kappa shape index (κ2) is 5.32. The summed E-state index contributed by atoms with van der Waals surface area (Å²) in [7, 11) is 0. The van der Waals surface area contributed by atoms with Crippen molar-refractivity contribution in [3.05, 3.63) is 65.1 Å². The molecule has 2 aliphatic rings. The van der Waals surface area contributed by atoms with Gasteiger partial charge in [0.25, 0.3) is 0 Å². The molecular weight excluding hydrogens is 326 g/mol. The minimum absolute atomic E-state index is 0.0130. The van der Waals surface area contributed by atoms with Gasteiger partial charge in [-0.3, -0.25) is 0 Å². The summed E-state index contributed by atoms with van der Waals surface area (Å²) >= 11 is 0. The predicted octanol–water partition coefficient (Wildman–Crippen LogP) is 4.31. The first-order valence-corrected chi connectivity index (χ1v) is 9.10.